The summed E-state index contributed by atoms with van der Waals surface area (Å²) in [7, 11) is 0. The van der Waals surface area contributed by atoms with Gasteiger partial charge in [0.15, 0.2) is 0 Å². The van der Waals surface area contributed by atoms with Crippen molar-refractivity contribution in [2.24, 2.45) is 0 Å². The highest BCUT2D eigenvalue weighted by molar-refractivity contribution is 6.30. The highest BCUT2D eigenvalue weighted by Crippen LogP contribution is 2.33. The van der Waals surface area contributed by atoms with Gasteiger partial charge in [-0.3, -0.25) is 9.69 Å². The minimum atomic E-state index is -0.817. The molecule has 1 fully saturated rings. The number of hydrogen-bond donors (Lipinski definition) is 1. The summed E-state index contributed by atoms with van der Waals surface area (Å²) in [5.41, 5.74) is 0.0885. The number of likely N-dealkylation sites (tertiary alicyclic amines) is 1. The molecule has 1 heterocycles. The first kappa shape index (κ1) is 22.2. The highest BCUT2D eigenvalue weighted by Gasteiger charge is 2.34. The largest absolute Gasteiger partial charge is 0.449 e. The van der Waals surface area contributed by atoms with Crippen molar-refractivity contribution in [3.8, 4) is 0 Å². The van der Waals surface area contributed by atoms with Crippen LogP contribution in [0.15, 0.2) is 24.3 Å². The number of aliphatic hydroxyl groups is 1. The number of hydrogen-bond acceptors (Lipinski definition) is 4. The smallest absolute Gasteiger partial charge is 0.307 e. The van der Waals surface area contributed by atoms with Gasteiger partial charge in [-0.05, 0) is 37.0 Å². The molecule has 1 aliphatic heterocycles. The molecule has 1 aromatic rings. The van der Waals surface area contributed by atoms with Crippen LogP contribution in [0.5, 0.6) is 0 Å². The minimum Gasteiger partial charge on any atom is -0.449 e. The maximum atomic E-state index is 11.9. The molecule has 0 radical (unpaired) electrons. The summed E-state index contributed by atoms with van der Waals surface area (Å²) in [6.45, 7) is 3.97. The molecule has 1 aromatic carbocycles. The maximum absolute atomic E-state index is 11.9. The van der Waals surface area contributed by atoms with Crippen LogP contribution in [0.2, 0.25) is 5.02 Å². The summed E-state index contributed by atoms with van der Waals surface area (Å²) in [5, 5.41) is 11.5. The first-order valence-electron chi connectivity index (χ1n) is 10.4. The molecule has 0 aliphatic carbocycles. The van der Waals surface area contributed by atoms with Crippen LogP contribution in [0.1, 0.15) is 76.7 Å². The van der Waals surface area contributed by atoms with Gasteiger partial charge in [-0.2, -0.15) is 0 Å². The molecule has 5 heteroatoms. The van der Waals surface area contributed by atoms with Gasteiger partial charge in [0.1, 0.15) is 6.73 Å². The van der Waals surface area contributed by atoms with Gasteiger partial charge in [0.25, 0.3) is 0 Å². The molecule has 0 aromatic heterocycles. The molecule has 0 unspecified atom stereocenters. The zero-order valence-corrected chi connectivity index (χ0v) is 17.3. The van der Waals surface area contributed by atoms with Gasteiger partial charge in [0, 0.05) is 24.5 Å². The van der Waals surface area contributed by atoms with Crippen molar-refractivity contribution in [3.05, 3.63) is 34.9 Å². The summed E-state index contributed by atoms with van der Waals surface area (Å²) in [5.74, 6) is -0.109. The van der Waals surface area contributed by atoms with Crippen LogP contribution in [0.25, 0.3) is 0 Å². The Hall–Kier alpha value is -1.10. The third kappa shape index (κ3) is 7.81. The second-order valence-corrected chi connectivity index (χ2v) is 8.11. The number of halogens is 1. The molecule has 0 atom stereocenters. The molecule has 4 nitrogen and oxygen atoms in total. The first-order valence-corrected chi connectivity index (χ1v) is 10.8. The Balaban J connectivity index is 1.59. The number of piperidine rings is 1. The Morgan fingerprint density at radius 3 is 2.30 bits per heavy atom. The molecule has 1 aliphatic rings. The fraction of sp³-hybridized carbons (Fsp3) is 0.682. The van der Waals surface area contributed by atoms with E-state index in [-0.39, 0.29) is 5.97 Å². The average molecular weight is 396 g/mol. The second-order valence-electron chi connectivity index (χ2n) is 7.67. The van der Waals surface area contributed by atoms with E-state index >= 15 is 0 Å². The molecule has 2 rings (SSSR count). The number of ether oxygens (including phenoxy) is 1. The fourth-order valence-corrected chi connectivity index (χ4v) is 3.69. The van der Waals surface area contributed by atoms with E-state index in [1.165, 1.54) is 32.1 Å². The Morgan fingerprint density at radius 1 is 1.07 bits per heavy atom. The summed E-state index contributed by atoms with van der Waals surface area (Å²) in [6, 6.07) is 7.40. The van der Waals surface area contributed by atoms with Gasteiger partial charge in [0.2, 0.25) is 0 Å². The molecule has 0 amide bonds. The van der Waals surface area contributed by atoms with E-state index in [2.05, 4.69) is 11.8 Å². The molecule has 1 saturated heterocycles. The van der Waals surface area contributed by atoms with Crippen LogP contribution in [0.3, 0.4) is 0 Å². The van der Waals surface area contributed by atoms with Crippen LogP contribution < -0.4 is 0 Å². The molecular weight excluding hydrogens is 362 g/mol. The van der Waals surface area contributed by atoms with Crippen LogP contribution in [0.4, 0.5) is 0 Å². The van der Waals surface area contributed by atoms with E-state index in [0.717, 1.165) is 18.4 Å². The zero-order chi connectivity index (χ0) is 19.5. The molecule has 152 valence electrons. The van der Waals surface area contributed by atoms with Crippen molar-refractivity contribution in [2.75, 3.05) is 19.8 Å². The number of carbonyl (C=O) groups is 1. The van der Waals surface area contributed by atoms with Crippen molar-refractivity contribution in [1.82, 2.24) is 4.90 Å². The average Bonchev–Trinajstić information content (AvgIpc) is 2.67. The molecule has 1 N–H and O–H groups in total. The first-order chi connectivity index (χ1) is 13.0. The molecule has 27 heavy (non-hydrogen) atoms. The van der Waals surface area contributed by atoms with Crippen LogP contribution in [0, 0.1) is 0 Å². The van der Waals surface area contributed by atoms with Crippen molar-refractivity contribution in [2.45, 2.75) is 76.7 Å². The summed E-state index contributed by atoms with van der Waals surface area (Å²) < 4.78 is 5.40. The van der Waals surface area contributed by atoms with Gasteiger partial charge in [-0.25, -0.2) is 0 Å². The van der Waals surface area contributed by atoms with E-state index in [0.29, 0.717) is 44.1 Å². The van der Waals surface area contributed by atoms with Gasteiger partial charge in [0.05, 0.1) is 5.60 Å². The Kier molecular flexibility index (Phi) is 9.60. The van der Waals surface area contributed by atoms with Crippen molar-refractivity contribution in [1.29, 1.82) is 0 Å². The van der Waals surface area contributed by atoms with Gasteiger partial charge < -0.3 is 9.84 Å². The second kappa shape index (κ2) is 11.7. The number of esters is 1. The predicted molar refractivity (Wildman–Crippen MR) is 110 cm³/mol. The van der Waals surface area contributed by atoms with Gasteiger partial charge in [-0.15, -0.1) is 0 Å². The summed E-state index contributed by atoms with van der Waals surface area (Å²) in [4.78, 5) is 14.0. The number of carbonyl (C=O) groups excluding carboxylic acids is 1. The van der Waals surface area contributed by atoms with E-state index < -0.39 is 5.60 Å². The quantitative estimate of drug-likeness (QED) is 0.410. The predicted octanol–water partition coefficient (Wildman–Crippen LogP) is 5.26. The number of unbranched alkanes of at least 4 members (excludes halogenated alkanes) is 6. The standard InChI is InChI=1S/C22H34ClNO3/c1-2-3-4-5-6-7-8-9-21(25)27-18-24-16-14-22(26,15-17-24)19-10-12-20(23)13-11-19/h10-13,26H,2-9,14-18H2,1H3. The maximum Gasteiger partial charge on any atom is 0.307 e. The Bertz CT molecular complexity index is 553. The van der Waals surface area contributed by atoms with E-state index in [4.69, 9.17) is 16.3 Å². The highest BCUT2D eigenvalue weighted by atomic mass is 35.5. The van der Waals surface area contributed by atoms with Crippen molar-refractivity contribution >= 4 is 17.6 Å². The van der Waals surface area contributed by atoms with E-state index in [1.807, 2.05) is 24.3 Å². The van der Waals surface area contributed by atoms with Crippen molar-refractivity contribution in [3.63, 3.8) is 0 Å². The Morgan fingerprint density at radius 2 is 1.67 bits per heavy atom. The third-order valence-electron chi connectivity index (χ3n) is 5.46. The number of benzene rings is 1. The van der Waals surface area contributed by atoms with Gasteiger partial charge >= 0.3 is 5.97 Å². The lowest BCUT2D eigenvalue weighted by Crippen LogP contribution is -2.43. The molecule has 0 spiro atoms. The lowest BCUT2D eigenvalue weighted by atomic mass is 9.84. The van der Waals surface area contributed by atoms with Crippen LogP contribution in [-0.2, 0) is 15.1 Å². The summed E-state index contributed by atoms with van der Waals surface area (Å²) in [6.07, 6.45) is 10.2. The van der Waals surface area contributed by atoms with E-state index in [9.17, 15) is 9.90 Å². The SMILES string of the molecule is CCCCCCCCCC(=O)OCN1CCC(O)(c2ccc(Cl)cc2)CC1. The normalized spacial score (nSPS) is 17.0. The third-order valence-corrected chi connectivity index (χ3v) is 5.71. The monoisotopic (exact) mass is 395 g/mol. The molecular formula is C22H34ClNO3. The lowest BCUT2D eigenvalue weighted by Gasteiger charge is -2.38. The van der Waals surface area contributed by atoms with Crippen molar-refractivity contribution < 1.29 is 14.6 Å². The fourth-order valence-electron chi connectivity index (χ4n) is 3.56. The topological polar surface area (TPSA) is 49.8 Å². The summed E-state index contributed by atoms with van der Waals surface area (Å²) >= 11 is 5.93. The van der Waals surface area contributed by atoms with E-state index in [1.54, 1.807) is 0 Å². The molecule has 0 saturated carbocycles. The minimum absolute atomic E-state index is 0.109. The number of rotatable bonds is 11. The van der Waals surface area contributed by atoms with Crippen LogP contribution in [-0.4, -0.2) is 35.8 Å². The lowest BCUT2D eigenvalue weighted by molar-refractivity contribution is -0.150. The number of nitrogens with zero attached hydrogens (tertiary/aromatic N) is 1. The van der Waals surface area contributed by atoms with Crippen LogP contribution >= 0.6 is 11.6 Å². The zero-order valence-electron chi connectivity index (χ0n) is 16.6. The molecule has 0 bridgehead atoms. The van der Waals surface area contributed by atoms with Gasteiger partial charge in [-0.1, -0.05) is 69.2 Å². The Labute approximate surface area is 168 Å².